The second kappa shape index (κ2) is 3.50. The van der Waals surface area contributed by atoms with Crippen molar-refractivity contribution in [2.24, 2.45) is 7.05 Å². The van der Waals surface area contributed by atoms with E-state index in [4.69, 9.17) is 0 Å². The molecule has 2 nitrogen and oxygen atoms in total. The first-order valence-electron chi connectivity index (χ1n) is 4.27. The van der Waals surface area contributed by atoms with Crippen molar-refractivity contribution >= 4 is 27.0 Å². The van der Waals surface area contributed by atoms with Gasteiger partial charge in [0, 0.05) is 12.4 Å². The minimum atomic E-state index is 1.01. The molecule has 0 atom stereocenters. The number of hydrogen-bond acceptors (Lipinski definition) is 1. The van der Waals surface area contributed by atoms with Crippen LogP contribution < -0.4 is 0 Å². The van der Waals surface area contributed by atoms with Crippen LogP contribution >= 0.6 is 15.9 Å². The molecule has 13 heavy (non-hydrogen) atoms. The summed E-state index contributed by atoms with van der Waals surface area (Å²) in [6, 6.07) is 6.41. The number of rotatable bonds is 2. The van der Waals surface area contributed by atoms with Crippen LogP contribution in [0, 0.1) is 0 Å². The molecule has 68 valence electrons. The second-order valence-corrected chi connectivity index (χ2v) is 3.91. The van der Waals surface area contributed by atoms with E-state index < -0.39 is 0 Å². The van der Waals surface area contributed by atoms with Crippen LogP contribution in [0.3, 0.4) is 0 Å². The van der Waals surface area contributed by atoms with E-state index in [1.54, 1.807) is 0 Å². The van der Waals surface area contributed by atoms with Crippen LogP contribution in [0.5, 0.6) is 0 Å². The van der Waals surface area contributed by atoms with Crippen molar-refractivity contribution in [1.29, 1.82) is 0 Å². The summed E-state index contributed by atoms with van der Waals surface area (Å²) >= 11 is 3.44. The van der Waals surface area contributed by atoms with Gasteiger partial charge in [-0.25, -0.2) is 4.98 Å². The molecule has 2 aromatic rings. The van der Waals surface area contributed by atoms with Gasteiger partial charge in [-0.1, -0.05) is 22.0 Å². The average Bonchev–Trinajstić information content (AvgIpc) is 2.49. The number of alkyl halides is 1. The molecule has 0 N–H and O–H groups in total. The summed E-state index contributed by atoms with van der Waals surface area (Å²) in [6.07, 6.45) is 2.92. The molecular weight excluding hydrogens is 228 g/mol. The van der Waals surface area contributed by atoms with Crippen molar-refractivity contribution < 1.29 is 0 Å². The van der Waals surface area contributed by atoms with Crippen LogP contribution in [-0.4, -0.2) is 14.9 Å². The number of aromatic nitrogens is 2. The van der Waals surface area contributed by atoms with Gasteiger partial charge in [-0.2, -0.15) is 0 Å². The molecule has 0 saturated heterocycles. The first kappa shape index (κ1) is 8.75. The largest absolute Gasteiger partial charge is 0.334 e. The van der Waals surface area contributed by atoms with Gasteiger partial charge in [0.2, 0.25) is 0 Å². The summed E-state index contributed by atoms with van der Waals surface area (Å²) in [6.45, 7) is 0. The van der Waals surface area contributed by atoms with Crippen LogP contribution in [0.1, 0.15) is 5.56 Å². The van der Waals surface area contributed by atoms with Crippen molar-refractivity contribution in [1.82, 2.24) is 9.55 Å². The van der Waals surface area contributed by atoms with Crippen molar-refractivity contribution in [3.8, 4) is 0 Å². The van der Waals surface area contributed by atoms with Gasteiger partial charge in [-0.15, -0.1) is 0 Å². The monoisotopic (exact) mass is 238 g/mol. The third kappa shape index (κ3) is 1.61. The highest BCUT2D eigenvalue weighted by Gasteiger charge is 1.99. The second-order valence-electron chi connectivity index (χ2n) is 3.12. The van der Waals surface area contributed by atoms with Gasteiger partial charge in [0.15, 0.2) is 0 Å². The number of halogens is 1. The Kier molecular flexibility index (Phi) is 2.36. The van der Waals surface area contributed by atoms with Gasteiger partial charge < -0.3 is 4.57 Å². The Balaban J connectivity index is 2.53. The maximum absolute atomic E-state index is 4.27. The van der Waals surface area contributed by atoms with Gasteiger partial charge in [-0.3, -0.25) is 0 Å². The fraction of sp³-hybridized carbons (Fsp3) is 0.300. The first-order chi connectivity index (χ1) is 6.31. The first-order valence-corrected chi connectivity index (χ1v) is 5.39. The van der Waals surface area contributed by atoms with Crippen LogP contribution in [0.15, 0.2) is 24.5 Å². The van der Waals surface area contributed by atoms with E-state index in [-0.39, 0.29) is 0 Å². The highest BCUT2D eigenvalue weighted by Crippen LogP contribution is 2.14. The van der Waals surface area contributed by atoms with Gasteiger partial charge in [0.1, 0.15) is 0 Å². The Hall–Kier alpha value is -0.830. The third-order valence-corrected chi connectivity index (χ3v) is 2.57. The maximum Gasteiger partial charge on any atom is 0.0955 e. The van der Waals surface area contributed by atoms with Crippen LogP contribution in [0.4, 0.5) is 0 Å². The summed E-state index contributed by atoms with van der Waals surface area (Å²) in [5, 5.41) is 1.01. The Morgan fingerprint density at radius 2 is 2.31 bits per heavy atom. The third-order valence-electron chi connectivity index (χ3n) is 2.17. The van der Waals surface area contributed by atoms with E-state index in [9.17, 15) is 0 Å². The van der Waals surface area contributed by atoms with Gasteiger partial charge >= 0.3 is 0 Å². The molecule has 0 aliphatic carbocycles. The number of benzene rings is 1. The average molecular weight is 239 g/mol. The van der Waals surface area contributed by atoms with Crippen molar-refractivity contribution in [3.63, 3.8) is 0 Å². The standard InChI is InChI=1S/C10H11BrN2/c1-13-7-12-9-3-2-8(4-5-11)6-10(9)13/h2-3,6-7H,4-5H2,1H3. The number of hydrogen-bond donors (Lipinski definition) is 0. The lowest BCUT2D eigenvalue weighted by molar-refractivity contribution is 0.946. The predicted octanol–water partition coefficient (Wildman–Crippen LogP) is 2.51. The topological polar surface area (TPSA) is 17.8 Å². The lowest BCUT2D eigenvalue weighted by Gasteiger charge is -1.99. The number of fused-ring (bicyclic) bond motifs is 1. The van der Waals surface area contributed by atoms with Crippen LogP contribution in [0.25, 0.3) is 11.0 Å². The predicted molar refractivity (Wildman–Crippen MR) is 58.2 cm³/mol. The quantitative estimate of drug-likeness (QED) is 0.736. The van der Waals surface area contributed by atoms with E-state index in [0.717, 1.165) is 17.3 Å². The highest BCUT2D eigenvalue weighted by molar-refractivity contribution is 9.09. The summed E-state index contributed by atoms with van der Waals surface area (Å²) in [5.74, 6) is 0. The fourth-order valence-electron chi connectivity index (χ4n) is 1.44. The normalized spacial score (nSPS) is 10.9. The minimum Gasteiger partial charge on any atom is -0.334 e. The summed E-state index contributed by atoms with van der Waals surface area (Å²) in [4.78, 5) is 4.27. The maximum atomic E-state index is 4.27. The summed E-state index contributed by atoms with van der Waals surface area (Å²) < 4.78 is 2.05. The Morgan fingerprint density at radius 1 is 1.46 bits per heavy atom. The number of aryl methyl sites for hydroxylation is 2. The summed E-state index contributed by atoms with van der Waals surface area (Å²) in [7, 11) is 2.02. The van der Waals surface area contributed by atoms with Crippen molar-refractivity contribution in [3.05, 3.63) is 30.1 Å². The van der Waals surface area contributed by atoms with E-state index in [1.165, 1.54) is 11.1 Å². The fourth-order valence-corrected chi connectivity index (χ4v) is 1.89. The lowest BCUT2D eigenvalue weighted by Crippen LogP contribution is -1.88. The molecule has 0 aliphatic rings. The lowest BCUT2D eigenvalue weighted by atomic mass is 10.1. The van der Waals surface area contributed by atoms with E-state index in [2.05, 4.69) is 39.1 Å². The highest BCUT2D eigenvalue weighted by atomic mass is 79.9. The molecule has 2 rings (SSSR count). The molecular formula is C10H11BrN2. The number of imidazole rings is 1. The molecule has 0 unspecified atom stereocenters. The van der Waals surface area contributed by atoms with Gasteiger partial charge in [-0.05, 0) is 24.1 Å². The molecule has 0 aliphatic heterocycles. The number of nitrogens with zero attached hydrogens (tertiary/aromatic N) is 2. The van der Waals surface area contributed by atoms with E-state index in [0.29, 0.717) is 0 Å². The minimum absolute atomic E-state index is 1.01. The Morgan fingerprint density at radius 3 is 3.08 bits per heavy atom. The summed E-state index contributed by atoms with van der Waals surface area (Å²) in [5.41, 5.74) is 3.63. The van der Waals surface area contributed by atoms with Crippen LogP contribution in [-0.2, 0) is 13.5 Å². The van der Waals surface area contributed by atoms with E-state index in [1.807, 2.05) is 17.9 Å². The molecule has 0 saturated carbocycles. The van der Waals surface area contributed by atoms with Gasteiger partial charge in [0.05, 0.1) is 17.4 Å². The zero-order chi connectivity index (χ0) is 9.26. The zero-order valence-corrected chi connectivity index (χ0v) is 9.08. The van der Waals surface area contributed by atoms with Crippen molar-refractivity contribution in [2.45, 2.75) is 6.42 Å². The molecule has 0 bridgehead atoms. The zero-order valence-electron chi connectivity index (χ0n) is 7.50. The SMILES string of the molecule is Cn1cnc2ccc(CCBr)cc21. The molecule has 0 amide bonds. The molecule has 0 radical (unpaired) electrons. The molecule has 1 aromatic carbocycles. The molecule has 1 aromatic heterocycles. The molecule has 0 spiro atoms. The Bertz CT molecular complexity index is 420. The Labute approximate surface area is 85.7 Å². The van der Waals surface area contributed by atoms with Gasteiger partial charge in [0.25, 0.3) is 0 Å². The molecule has 1 heterocycles. The molecule has 3 heteroatoms. The van der Waals surface area contributed by atoms with Crippen LogP contribution in [0.2, 0.25) is 0 Å². The van der Waals surface area contributed by atoms with Crippen molar-refractivity contribution in [2.75, 3.05) is 5.33 Å². The smallest absolute Gasteiger partial charge is 0.0955 e. The van der Waals surface area contributed by atoms with E-state index >= 15 is 0 Å². The molecule has 0 fully saturated rings.